The number of amides is 1. The number of methoxy groups -OCH3 is 1. The lowest BCUT2D eigenvalue weighted by molar-refractivity contribution is -0.125. The molecule has 1 saturated heterocycles. The van der Waals surface area contributed by atoms with Crippen molar-refractivity contribution in [3.8, 4) is 17.0 Å². The van der Waals surface area contributed by atoms with E-state index in [4.69, 9.17) is 4.74 Å². The Morgan fingerprint density at radius 2 is 2.03 bits per heavy atom. The summed E-state index contributed by atoms with van der Waals surface area (Å²) in [4.78, 5) is 31.3. The van der Waals surface area contributed by atoms with Crippen LogP contribution in [0.2, 0.25) is 0 Å². The molecular weight excluding hydrogens is 370 g/mol. The summed E-state index contributed by atoms with van der Waals surface area (Å²) >= 11 is 0. The SMILES string of the molecule is CNC/C=C/C(=O)N1CCCC1.CNc1cc(-c2ccnc(OC)c2)c[nH]c1=O. The molecule has 3 heterocycles. The first-order valence-electron chi connectivity index (χ1n) is 9.60. The molecule has 1 fully saturated rings. The quantitative estimate of drug-likeness (QED) is 0.642. The number of nitrogens with zero attached hydrogens (tertiary/aromatic N) is 2. The van der Waals surface area contributed by atoms with Gasteiger partial charge in [0.05, 0.1) is 7.11 Å². The van der Waals surface area contributed by atoms with Gasteiger partial charge in [0.25, 0.3) is 5.56 Å². The molecular formula is C21H29N5O3. The van der Waals surface area contributed by atoms with Crippen molar-refractivity contribution in [2.75, 3.05) is 46.2 Å². The first-order chi connectivity index (χ1) is 14.1. The molecule has 1 aliphatic rings. The summed E-state index contributed by atoms with van der Waals surface area (Å²) in [6.45, 7) is 2.63. The molecule has 29 heavy (non-hydrogen) atoms. The average Bonchev–Trinajstić information content (AvgIpc) is 3.30. The Labute approximate surface area is 171 Å². The van der Waals surface area contributed by atoms with Gasteiger partial charge < -0.3 is 25.3 Å². The maximum absolute atomic E-state index is 11.4. The number of hydrogen-bond acceptors (Lipinski definition) is 6. The number of likely N-dealkylation sites (tertiary alicyclic amines) is 1. The molecule has 8 heteroatoms. The van der Waals surface area contributed by atoms with Crippen molar-refractivity contribution in [2.45, 2.75) is 12.8 Å². The van der Waals surface area contributed by atoms with Crippen molar-refractivity contribution >= 4 is 11.6 Å². The van der Waals surface area contributed by atoms with Crippen molar-refractivity contribution < 1.29 is 9.53 Å². The van der Waals surface area contributed by atoms with E-state index in [0.717, 1.165) is 43.6 Å². The Morgan fingerprint density at radius 3 is 2.69 bits per heavy atom. The molecule has 0 bridgehead atoms. The number of likely N-dealkylation sites (N-methyl/N-ethyl adjacent to an activating group) is 1. The third-order valence-corrected chi connectivity index (χ3v) is 4.45. The van der Waals surface area contributed by atoms with Crippen LogP contribution < -0.4 is 20.9 Å². The number of aromatic amines is 1. The standard InChI is InChI=1S/C12H13N3O2.C9H16N2O/c1-13-10-5-9(7-15-12(10)16)8-3-4-14-11(6-8)17-2;1-10-6-4-5-9(12)11-7-2-3-8-11/h3-7,13H,1-2H3,(H,15,16);4-5,10H,2-3,6-8H2,1H3/b;5-4+. The smallest absolute Gasteiger partial charge is 0.271 e. The van der Waals surface area contributed by atoms with Crippen molar-refractivity contribution in [1.82, 2.24) is 20.2 Å². The Balaban J connectivity index is 0.000000221. The fourth-order valence-electron chi connectivity index (χ4n) is 2.86. The number of ether oxygens (including phenoxy) is 1. The predicted molar refractivity (Wildman–Crippen MR) is 115 cm³/mol. The Kier molecular flexibility index (Phi) is 8.91. The van der Waals surface area contributed by atoms with Crippen molar-refractivity contribution in [3.05, 3.63) is 53.1 Å². The van der Waals surface area contributed by atoms with Crippen LogP contribution in [-0.2, 0) is 4.79 Å². The van der Waals surface area contributed by atoms with Crippen LogP contribution in [0, 0.1) is 0 Å². The molecule has 1 amide bonds. The number of anilines is 1. The zero-order valence-electron chi connectivity index (χ0n) is 17.2. The van der Waals surface area contributed by atoms with E-state index in [9.17, 15) is 9.59 Å². The maximum atomic E-state index is 11.4. The highest BCUT2D eigenvalue weighted by molar-refractivity contribution is 5.87. The number of rotatable bonds is 6. The lowest BCUT2D eigenvalue weighted by Gasteiger charge is -2.11. The maximum Gasteiger partial charge on any atom is 0.271 e. The zero-order chi connectivity index (χ0) is 21.1. The van der Waals surface area contributed by atoms with Gasteiger partial charge in [-0.2, -0.15) is 0 Å². The molecule has 3 rings (SSSR count). The summed E-state index contributed by atoms with van der Waals surface area (Å²) < 4.78 is 5.06. The number of pyridine rings is 2. The number of aromatic nitrogens is 2. The highest BCUT2D eigenvalue weighted by atomic mass is 16.5. The van der Waals surface area contributed by atoms with Gasteiger partial charge in [-0.15, -0.1) is 0 Å². The molecule has 2 aromatic rings. The van der Waals surface area contributed by atoms with Crippen LogP contribution in [0.5, 0.6) is 5.88 Å². The predicted octanol–water partition coefficient (Wildman–Crippen LogP) is 1.87. The molecule has 2 aromatic heterocycles. The summed E-state index contributed by atoms with van der Waals surface area (Å²) in [6, 6.07) is 5.45. The molecule has 0 atom stereocenters. The van der Waals surface area contributed by atoms with Gasteiger partial charge in [-0.25, -0.2) is 4.98 Å². The van der Waals surface area contributed by atoms with Gasteiger partial charge in [0.15, 0.2) is 0 Å². The fraction of sp³-hybridized carbons (Fsp3) is 0.381. The van der Waals surface area contributed by atoms with Gasteiger partial charge in [0.1, 0.15) is 5.69 Å². The number of nitrogens with one attached hydrogen (secondary N) is 3. The monoisotopic (exact) mass is 399 g/mol. The average molecular weight is 399 g/mol. The van der Waals surface area contributed by atoms with E-state index < -0.39 is 0 Å². The summed E-state index contributed by atoms with van der Waals surface area (Å²) in [5.41, 5.74) is 2.22. The van der Waals surface area contributed by atoms with Crippen LogP contribution in [-0.4, -0.2) is 61.6 Å². The fourth-order valence-corrected chi connectivity index (χ4v) is 2.86. The minimum absolute atomic E-state index is 0.141. The minimum atomic E-state index is -0.141. The van der Waals surface area contributed by atoms with Crippen LogP contribution in [0.25, 0.3) is 11.1 Å². The zero-order valence-corrected chi connectivity index (χ0v) is 17.2. The van der Waals surface area contributed by atoms with Gasteiger partial charge in [-0.3, -0.25) is 9.59 Å². The molecule has 0 unspecified atom stereocenters. The van der Waals surface area contributed by atoms with Gasteiger partial charge in [0, 0.05) is 56.8 Å². The van der Waals surface area contributed by atoms with Gasteiger partial charge >= 0.3 is 0 Å². The Morgan fingerprint density at radius 1 is 1.28 bits per heavy atom. The lowest BCUT2D eigenvalue weighted by atomic mass is 10.1. The number of hydrogen-bond donors (Lipinski definition) is 3. The second kappa shape index (κ2) is 11.7. The number of carbonyl (C=O) groups excluding carboxylic acids is 1. The van der Waals surface area contributed by atoms with E-state index in [-0.39, 0.29) is 11.5 Å². The van der Waals surface area contributed by atoms with Crippen molar-refractivity contribution in [3.63, 3.8) is 0 Å². The highest BCUT2D eigenvalue weighted by Gasteiger charge is 2.14. The highest BCUT2D eigenvalue weighted by Crippen LogP contribution is 2.22. The molecule has 8 nitrogen and oxygen atoms in total. The largest absolute Gasteiger partial charge is 0.481 e. The summed E-state index contributed by atoms with van der Waals surface area (Å²) in [6.07, 6.45) is 9.16. The molecule has 0 aliphatic carbocycles. The van der Waals surface area contributed by atoms with Gasteiger partial charge in [-0.05, 0) is 37.6 Å². The Bertz CT molecular complexity index is 873. The van der Waals surface area contributed by atoms with E-state index >= 15 is 0 Å². The molecule has 0 spiro atoms. The van der Waals surface area contributed by atoms with E-state index in [1.54, 1.807) is 38.7 Å². The van der Waals surface area contributed by atoms with Gasteiger partial charge in [0.2, 0.25) is 11.8 Å². The molecule has 0 aromatic carbocycles. The molecule has 0 saturated carbocycles. The summed E-state index contributed by atoms with van der Waals surface area (Å²) in [5.74, 6) is 0.697. The van der Waals surface area contributed by atoms with E-state index in [1.165, 1.54) is 0 Å². The second-order valence-electron chi connectivity index (χ2n) is 6.46. The van der Waals surface area contributed by atoms with Crippen LogP contribution in [0.15, 0.2) is 47.5 Å². The van der Waals surface area contributed by atoms with E-state index in [1.807, 2.05) is 30.2 Å². The third kappa shape index (κ3) is 6.76. The van der Waals surface area contributed by atoms with E-state index in [0.29, 0.717) is 11.6 Å². The van der Waals surface area contributed by atoms with E-state index in [2.05, 4.69) is 20.6 Å². The summed E-state index contributed by atoms with van der Waals surface area (Å²) in [5, 5.41) is 5.80. The molecule has 1 aliphatic heterocycles. The minimum Gasteiger partial charge on any atom is -0.481 e. The van der Waals surface area contributed by atoms with Gasteiger partial charge in [-0.1, -0.05) is 6.08 Å². The summed E-state index contributed by atoms with van der Waals surface area (Å²) in [7, 11) is 5.14. The first kappa shape index (κ1) is 22.2. The Hall–Kier alpha value is -3.13. The third-order valence-electron chi connectivity index (χ3n) is 4.45. The first-order valence-corrected chi connectivity index (χ1v) is 9.60. The van der Waals surface area contributed by atoms with Crippen LogP contribution >= 0.6 is 0 Å². The van der Waals surface area contributed by atoms with Crippen molar-refractivity contribution in [1.29, 1.82) is 0 Å². The molecule has 156 valence electrons. The molecule has 0 radical (unpaired) electrons. The van der Waals surface area contributed by atoms with Crippen LogP contribution in [0.4, 0.5) is 5.69 Å². The number of H-pyrrole nitrogens is 1. The van der Waals surface area contributed by atoms with Crippen LogP contribution in [0.1, 0.15) is 12.8 Å². The molecule has 3 N–H and O–H groups in total. The lowest BCUT2D eigenvalue weighted by Crippen LogP contribution is -2.25. The van der Waals surface area contributed by atoms with Crippen LogP contribution in [0.3, 0.4) is 0 Å². The topological polar surface area (TPSA) is 99.3 Å². The number of carbonyl (C=O) groups is 1. The second-order valence-corrected chi connectivity index (χ2v) is 6.46. The van der Waals surface area contributed by atoms with Crippen molar-refractivity contribution in [2.24, 2.45) is 0 Å². The normalized spacial score (nSPS) is 13.1.